The Hall–Kier alpha value is -1.48. The highest BCUT2D eigenvalue weighted by Gasteiger charge is 2.34. The number of sulfone groups is 1. The van der Waals surface area contributed by atoms with Crippen molar-refractivity contribution in [1.82, 2.24) is 10.3 Å². The molecule has 0 aliphatic carbocycles. The minimum Gasteiger partial charge on any atom is -0.476 e. The molecule has 21 heavy (non-hydrogen) atoms. The first-order valence-corrected chi connectivity index (χ1v) is 9.16. The van der Waals surface area contributed by atoms with Crippen LogP contribution in [0.5, 0.6) is 0 Å². The lowest BCUT2D eigenvalue weighted by atomic mass is 10.2. The standard InChI is InChI=1S/C12H16N2O5S2/c15-11(9-3-1-2-6-21(9,18)19)13-5-4-10-14-8(7-20-10)12(16)17/h7,9H,1-6H2,(H,13,15)(H,16,17). The van der Waals surface area contributed by atoms with E-state index in [0.29, 0.717) is 24.3 Å². The molecule has 7 nitrogen and oxygen atoms in total. The van der Waals surface area contributed by atoms with E-state index in [0.717, 1.165) is 6.42 Å². The van der Waals surface area contributed by atoms with Crippen molar-refractivity contribution in [1.29, 1.82) is 0 Å². The normalized spacial score (nSPS) is 20.9. The number of hydrogen-bond donors (Lipinski definition) is 2. The lowest BCUT2D eigenvalue weighted by Gasteiger charge is -2.21. The van der Waals surface area contributed by atoms with Crippen LogP contribution >= 0.6 is 11.3 Å². The first-order chi connectivity index (χ1) is 9.90. The number of aromatic nitrogens is 1. The van der Waals surface area contributed by atoms with Crippen molar-refractivity contribution >= 4 is 33.1 Å². The SMILES string of the molecule is O=C(O)c1csc(CCNC(=O)C2CCCCS2(=O)=O)n1. The minimum absolute atomic E-state index is 0.0174. The molecule has 0 bridgehead atoms. The number of thiazole rings is 1. The molecule has 1 aromatic heterocycles. The van der Waals surface area contributed by atoms with Crippen molar-refractivity contribution < 1.29 is 23.1 Å². The molecular formula is C12H16N2O5S2. The summed E-state index contributed by atoms with van der Waals surface area (Å²) in [6.45, 7) is 0.247. The van der Waals surface area contributed by atoms with Gasteiger partial charge in [-0.3, -0.25) is 4.79 Å². The number of nitrogens with one attached hydrogen (secondary N) is 1. The fourth-order valence-electron chi connectivity index (χ4n) is 2.18. The molecule has 0 spiro atoms. The van der Waals surface area contributed by atoms with Gasteiger partial charge in [-0.25, -0.2) is 18.2 Å². The molecule has 0 aromatic carbocycles. The molecule has 2 N–H and O–H groups in total. The van der Waals surface area contributed by atoms with Gasteiger partial charge in [0.2, 0.25) is 5.91 Å². The molecule has 0 saturated carbocycles. The van der Waals surface area contributed by atoms with Gasteiger partial charge in [0.15, 0.2) is 15.5 Å². The van der Waals surface area contributed by atoms with Crippen LogP contribution in [0.1, 0.15) is 34.8 Å². The lowest BCUT2D eigenvalue weighted by Crippen LogP contribution is -2.43. The Balaban J connectivity index is 1.85. The van der Waals surface area contributed by atoms with E-state index in [9.17, 15) is 18.0 Å². The van der Waals surface area contributed by atoms with E-state index in [1.54, 1.807) is 0 Å². The Labute approximate surface area is 126 Å². The van der Waals surface area contributed by atoms with Crippen molar-refractivity contribution in [3.63, 3.8) is 0 Å². The zero-order valence-electron chi connectivity index (χ0n) is 11.2. The first kappa shape index (κ1) is 15.9. The predicted molar refractivity (Wildman–Crippen MR) is 77.2 cm³/mol. The Morgan fingerprint density at radius 1 is 1.43 bits per heavy atom. The Morgan fingerprint density at radius 3 is 2.81 bits per heavy atom. The minimum atomic E-state index is -3.33. The van der Waals surface area contributed by atoms with E-state index >= 15 is 0 Å². The monoisotopic (exact) mass is 332 g/mol. The summed E-state index contributed by atoms with van der Waals surface area (Å²) in [5.74, 6) is -1.49. The molecule has 1 aliphatic rings. The number of carbonyl (C=O) groups is 2. The molecule has 1 saturated heterocycles. The fraction of sp³-hybridized carbons (Fsp3) is 0.583. The van der Waals surface area contributed by atoms with Crippen molar-refractivity contribution in [2.75, 3.05) is 12.3 Å². The molecular weight excluding hydrogens is 316 g/mol. The maximum Gasteiger partial charge on any atom is 0.355 e. The molecule has 1 aliphatic heterocycles. The lowest BCUT2D eigenvalue weighted by molar-refractivity contribution is -0.120. The Kier molecular flexibility index (Phi) is 4.94. The van der Waals surface area contributed by atoms with Crippen LogP contribution in [0.2, 0.25) is 0 Å². The summed E-state index contributed by atoms with van der Waals surface area (Å²) >= 11 is 1.20. The van der Waals surface area contributed by atoms with Gasteiger partial charge in [-0.2, -0.15) is 0 Å². The first-order valence-electron chi connectivity index (χ1n) is 6.57. The van der Waals surface area contributed by atoms with Crippen LogP contribution in [0.4, 0.5) is 0 Å². The van der Waals surface area contributed by atoms with Crippen LogP contribution in [0.25, 0.3) is 0 Å². The van der Waals surface area contributed by atoms with Crippen molar-refractivity contribution in [2.45, 2.75) is 30.9 Å². The van der Waals surface area contributed by atoms with Gasteiger partial charge in [-0.05, 0) is 12.8 Å². The quantitative estimate of drug-likeness (QED) is 0.810. The number of nitrogens with zero attached hydrogens (tertiary/aromatic N) is 1. The summed E-state index contributed by atoms with van der Waals surface area (Å²) in [7, 11) is -3.33. The van der Waals surface area contributed by atoms with Gasteiger partial charge in [0.05, 0.1) is 10.8 Å². The van der Waals surface area contributed by atoms with E-state index in [2.05, 4.69) is 10.3 Å². The van der Waals surface area contributed by atoms with Crippen LogP contribution in [-0.2, 0) is 21.1 Å². The van der Waals surface area contributed by atoms with E-state index in [1.807, 2.05) is 0 Å². The van der Waals surface area contributed by atoms with Crippen LogP contribution in [0, 0.1) is 0 Å². The second-order valence-electron chi connectivity index (χ2n) is 4.82. The maximum atomic E-state index is 11.9. The van der Waals surface area contributed by atoms with E-state index in [-0.39, 0.29) is 18.0 Å². The Bertz CT molecular complexity index is 638. The third kappa shape index (κ3) is 4.01. The van der Waals surface area contributed by atoms with Crippen LogP contribution in [-0.4, -0.2) is 47.9 Å². The number of carboxylic acid groups (broad SMARTS) is 1. The highest BCUT2D eigenvalue weighted by Crippen LogP contribution is 2.19. The van der Waals surface area contributed by atoms with Crippen molar-refractivity contribution in [2.24, 2.45) is 0 Å². The largest absolute Gasteiger partial charge is 0.476 e. The Morgan fingerprint density at radius 2 is 2.19 bits per heavy atom. The highest BCUT2D eigenvalue weighted by atomic mass is 32.2. The third-order valence-electron chi connectivity index (χ3n) is 3.28. The third-order valence-corrected chi connectivity index (χ3v) is 6.36. The van der Waals surface area contributed by atoms with Crippen molar-refractivity contribution in [3.05, 3.63) is 16.1 Å². The molecule has 2 rings (SSSR count). The molecule has 1 fully saturated rings. The van der Waals surface area contributed by atoms with Gasteiger partial charge in [0.25, 0.3) is 0 Å². The summed E-state index contributed by atoms with van der Waals surface area (Å²) < 4.78 is 23.6. The number of amides is 1. The van der Waals surface area contributed by atoms with Crippen LogP contribution in [0.15, 0.2) is 5.38 Å². The molecule has 1 amide bonds. The number of carboxylic acids is 1. The average Bonchev–Trinajstić information content (AvgIpc) is 2.87. The van der Waals surface area contributed by atoms with Crippen LogP contribution < -0.4 is 5.32 Å². The number of rotatable bonds is 5. The smallest absolute Gasteiger partial charge is 0.355 e. The summed E-state index contributed by atoms with van der Waals surface area (Å²) in [4.78, 5) is 26.5. The molecule has 1 atom stereocenters. The van der Waals surface area contributed by atoms with Gasteiger partial charge < -0.3 is 10.4 Å². The molecule has 2 heterocycles. The number of carbonyl (C=O) groups excluding carboxylic acids is 1. The van der Waals surface area contributed by atoms with E-state index in [1.165, 1.54) is 16.7 Å². The predicted octanol–water partition coefficient (Wildman–Crippen LogP) is 0.467. The second kappa shape index (κ2) is 6.52. The fourth-order valence-corrected chi connectivity index (χ4v) is 4.78. The molecule has 0 radical (unpaired) electrons. The molecule has 116 valence electrons. The van der Waals surface area contributed by atoms with Gasteiger partial charge in [0, 0.05) is 18.3 Å². The number of aromatic carboxylic acids is 1. The molecule has 1 unspecified atom stereocenters. The highest BCUT2D eigenvalue weighted by molar-refractivity contribution is 7.92. The topological polar surface area (TPSA) is 113 Å². The average molecular weight is 332 g/mol. The maximum absolute atomic E-state index is 11.9. The summed E-state index contributed by atoms with van der Waals surface area (Å²) in [6, 6.07) is 0. The molecule has 1 aromatic rings. The van der Waals surface area contributed by atoms with Crippen LogP contribution in [0.3, 0.4) is 0 Å². The van der Waals surface area contributed by atoms with Gasteiger partial charge in [-0.1, -0.05) is 6.42 Å². The number of hydrogen-bond acceptors (Lipinski definition) is 6. The molecule has 9 heteroatoms. The van der Waals surface area contributed by atoms with E-state index in [4.69, 9.17) is 5.11 Å². The zero-order valence-corrected chi connectivity index (χ0v) is 12.9. The van der Waals surface area contributed by atoms with Gasteiger partial charge >= 0.3 is 5.97 Å². The summed E-state index contributed by atoms with van der Waals surface area (Å²) in [5.41, 5.74) is -0.0174. The van der Waals surface area contributed by atoms with Gasteiger partial charge in [0.1, 0.15) is 5.25 Å². The summed E-state index contributed by atoms with van der Waals surface area (Å²) in [6.07, 6.45) is 2.11. The van der Waals surface area contributed by atoms with E-state index < -0.39 is 27.0 Å². The second-order valence-corrected chi connectivity index (χ2v) is 8.07. The van der Waals surface area contributed by atoms with Gasteiger partial charge in [-0.15, -0.1) is 11.3 Å². The zero-order chi connectivity index (χ0) is 15.5. The van der Waals surface area contributed by atoms with Crippen molar-refractivity contribution in [3.8, 4) is 0 Å². The summed E-state index contributed by atoms with van der Waals surface area (Å²) in [5, 5.41) is 12.4.